The molecule has 0 saturated heterocycles. The summed E-state index contributed by atoms with van der Waals surface area (Å²) < 4.78 is 5.70. The highest BCUT2D eigenvalue weighted by Crippen LogP contribution is 2.32. The molecule has 0 aliphatic carbocycles. The third-order valence-electron chi connectivity index (χ3n) is 4.18. The van der Waals surface area contributed by atoms with Crippen LogP contribution in [-0.2, 0) is 6.42 Å². The second-order valence-corrected chi connectivity index (χ2v) is 5.90. The maximum absolute atomic E-state index is 6.27. The van der Waals surface area contributed by atoms with Crippen LogP contribution in [0.1, 0.15) is 34.7 Å². The van der Waals surface area contributed by atoms with E-state index in [2.05, 4.69) is 36.5 Å². The summed E-state index contributed by atoms with van der Waals surface area (Å²) in [4.78, 5) is 0. The molecule has 0 bridgehead atoms. The first kappa shape index (κ1) is 14.4. The van der Waals surface area contributed by atoms with Crippen LogP contribution in [0.25, 0.3) is 0 Å². The summed E-state index contributed by atoms with van der Waals surface area (Å²) in [5, 5.41) is 4.22. The van der Waals surface area contributed by atoms with Gasteiger partial charge in [0.05, 0.1) is 12.6 Å². The summed E-state index contributed by atoms with van der Waals surface area (Å²) >= 11 is 6.27. The van der Waals surface area contributed by atoms with Gasteiger partial charge in [-0.1, -0.05) is 35.9 Å². The molecule has 0 fully saturated rings. The number of halogens is 1. The zero-order valence-corrected chi connectivity index (χ0v) is 13.2. The van der Waals surface area contributed by atoms with Gasteiger partial charge in [0.15, 0.2) is 0 Å². The van der Waals surface area contributed by atoms with Gasteiger partial charge in [0.1, 0.15) is 5.75 Å². The van der Waals surface area contributed by atoms with Crippen LogP contribution >= 0.6 is 11.6 Å². The predicted molar refractivity (Wildman–Crippen MR) is 87.3 cm³/mol. The molecule has 3 heteroatoms. The number of aryl methyl sites for hydroxylation is 1. The SMILES string of the molecule is CNC(c1ccc2c(c1)CCCO2)c1cccc(Cl)c1C. The molecule has 0 aromatic heterocycles. The first-order valence-corrected chi connectivity index (χ1v) is 7.76. The molecule has 0 spiro atoms. The highest BCUT2D eigenvalue weighted by atomic mass is 35.5. The maximum Gasteiger partial charge on any atom is 0.122 e. The van der Waals surface area contributed by atoms with Gasteiger partial charge >= 0.3 is 0 Å². The van der Waals surface area contributed by atoms with E-state index in [4.69, 9.17) is 16.3 Å². The molecule has 1 aliphatic rings. The molecule has 2 aromatic rings. The Morgan fingerprint density at radius 2 is 2.10 bits per heavy atom. The molecule has 0 saturated carbocycles. The monoisotopic (exact) mass is 301 g/mol. The van der Waals surface area contributed by atoms with Crippen LogP contribution in [0.3, 0.4) is 0 Å². The third kappa shape index (κ3) is 2.78. The first-order valence-electron chi connectivity index (χ1n) is 7.38. The highest BCUT2D eigenvalue weighted by molar-refractivity contribution is 6.31. The fraction of sp³-hybridized carbons (Fsp3) is 0.333. The van der Waals surface area contributed by atoms with Crippen molar-refractivity contribution >= 4 is 11.6 Å². The maximum atomic E-state index is 6.27. The second-order valence-electron chi connectivity index (χ2n) is 5.49. The number of fused-ring (bicyclic) bond motifs is 1. The van der Waals surface area contributed by atoms with Crippen LogP contribution < -0.4 is 10.1 Å². The van der Waals surface area contributed by atoms with Gasteiger partial charge in [-0.15, -0.1) is 0 Å². The van der Waals surface area contributed by atoms with Crippen molar-refractivity contribution < 1.29 is 4.74 Å². The Bertz CT molecular complexity index is 654. The van der Waals surface area contributed by atoms with E-state index in [-0.39, 0.29) is 6.04 Å². The first-order chi connectivity index (χ1) is 10.2. The van der Waals surface area contributed by atoms with Gasteiger partial charge in [-0.3, -0.25) is 0 Å². The van der Waals surface area contributed by atoms with Crippen LogP contribution in [0.5, 0.6) is 5.75 Å². The third-order valence-corrected chi connectivity index (χ3v) is 4.58. The fourth-order valence-corrected chi connectivity index (χ4v) is 3.18. The molecule has 1 aliphatic heterocycles. The molecule has 1 unspecified atom stereocenters. The average molecular weight is 302 g/mol. The average Bonchev–Trinajstić information content (AvgIpc) is 2.52. The number of benzene rings is 2. The molecule has 1 atom stereocenters. The molecule has 0 amide bonds. The molecular weight excluding hydrogens is 282 g/mol. The molecule has 2 nitrogen and oxygen atoms in total. The van der Waals surface area contributed by atoms with Gasteiger partial charge in [0.2, 0.25) is 0 Å². The van der Waals surface area contributed by atoms with E-state index in [1.807, 2.05) is 19.2 Å². The Hall–Kier alpha value is -1.51. The lowest BCUT2D eigenvalue weighted by Gasteiger charge is -2.23. The summed E-state index contributed by atoms with van der Waals surface area (Å²) in [5.74, 6) is 1.03. The predicted octanol–water partition coefficient (Wildman–Crippen LogP) is 4.28. The van der Waals surface area contributed by atoms with Crippen molar-refractivity contribution in [2.24, 2.45) is 0 Å². The molecule has 110 valence electrons. The summed E-state index contributed by atoms with van der Waals surface area (Å²) in [6, 6.07) is 12.7. The minimum atomic E-state index is 0.149. The molecular formula is C18H20ClNO. The molecule has 3 rings (SSSR count). The molecule has 1 heterocycles. The van der Waals surface area contributed by atoms with E-state index in [0.717, 1.165) is 35.8 Å². The van der Waals surface area contributed by atoms with E-state index in [1.165, 1.54) is 16.7 Å². The van der Waals surface area contributed by atoms with Crippen molar-refractivity contribution in [3.8, 4) is 5.75 Å². The summed E-state index contributed by atoms with van der Waals surface area (Å²) in [5.41, 5.74) is 4.92. The number of hydrogen-bond donors (Lipinski definition) is 1. The van der Waals surface area contributed by atoms with Gasteiger partial charge in [-0.2, -0.15) is 0 Å². The number of hydrogen-bond acceptors (Lipinski definition) is 2. The van der Waals surface area contributed by atoms with Gasteiger partial charge in [-0.25, -0.2) is 0 Å². The molecule has 0 radical (unpaired) electrons. The highest BCUT2D eigenvalue weighted by Gasteiger charge is 2.18. The van der Waals surface area contributed by atoms with E-state index >= 15 is 0 Å². The van der Waals surface area contributed by atoms with Gasteiger partial charge in [-0.05, 0) is 61.2 Å². The molecule has 21 heavy (non-hydrogen) atoms. The van der Waals surface area contributed by atoms with E-state index in [9.17, 15) is 0 Å². The van der Waals surface area contributed by atoms with Crippen molar-refractivity contribution in [2.75, 3.05) is 13.7 Å². The van der Waals surface area contributed by atoms with Crippen LogP contribution in [0, 0.1) is 6.92 Å². The minimum Gasteiger partial charge on any atom is -0.493 e. The molecule has 1 N–H and O–H groups in total. The lowest BCUT2D eigenvalue weighted by Crippen LogP contribution is -2.19. The van der Waals surface area contributed by atoms with E-state index in [0.29, 0.717) is 0 Å². The summed E-state index contributed by atoms with van der Waals surface area (Å²) in [6.45, 7) is 2.90. The topological polar surface area (TPSA) is 21.3 Å². The van der Waals surface area contributed by atoms with Crippen molar-refractivity contribution in [1.29, 1.82) is 0 Å². The van der Waals surface area contributed by atoms with Crippen LogP contribution in [-0.4, -0.2) is 13.7 Å². The lowest BCUT2D eigenvalue weighted by atomic mass is 9.92. The van der Waals surface area contributed by atoms with E-state index in [1.54, 1.807) is 0 Å². The van der Waals surface area contributed by atoms with E-state index < -0.39 is 0 Å². The van der Waals surface area contributed by atoms with Crippen molar-refractivity contribution in [1.82, 2.24) is 5.32 Å². The standard InChI is InChI=1S/C18H20ClNO/c1-12-15(6-3-7-16(12)19)18(20-2)14-8-9-17-13(11-14)5-4-10-21-17/h3,6-9,11,18,20H,4-5,10H2,1-2H3. The Morgan fingerprint density at radius 3 is 2.90 bits per heavy atom. The van der Waals surface area contributed by atoms with Crippen LogP contribution in [0.15, 0.2) is 36.4 Å². The normalized spacial score (nSPS) is 15.2. The Balaban J connectivity index is 2.02. The van der Waals surface area contributed by atoms with Crippen molar-refractivity contribution in [3.05, 3.63) is 63.7 Å². The number of nitrogens with one attached hydrogen (secondary N) is 1. The van der Waals surface area contributed by atoms with Crippen molar-refractivity contribution in [3.63, 3.8) is 0 Å². The zero-order chi connectivity index (χ0) is 14.8. The van der Waals surface area contributed by atoms with Gasteiger partial charge in [0, 0.05) is 5.02 Å². The lowest BCUT2D eigenvalue weighted by molar-refractivity contribution is 0.288. The Kier molecular flexibility index (Phi) is 4.18. The largest absolute Gasteiger partial charge is 0.493 e. The van der Waals surface area contributed by atoms with Crippen molar-refractivity contribution in [2.45, 2.75) is 25.8 Å². The second kappa shape index (κ2) is 6.08. The molecule has 2 aromatic carbocycles. The fourth-order valence-electron chi connectivity index (χ4n) is 3.00. The quantitative estimate of drug-likeness (QED) is 0.913. The Labute approximate surface area is 131 Å². The van der Waals surface area contributed by atoms with Gasteiger partial charge < -0.3 is 10.1 Å². The van der Waals surface area contributed by atoms with Crippen LogP contribution in [0.4, 0.5) is 0 Å². The number of ether oxygens (including phenoxy) is 1. The summed E-state index contributed by atoms with van der Waals surface area (Å²) in [7, 11) is 1.99. The smallest absolute Gasteiger partial charge is 0.122 e. The van der Waals surface area contributed by atoms with Gasteiger partial charge in [0.25, 0.3) is 0 Å². The zero-order valence-electron chi connectivity index (χ0n) is 12.4. The summed E-state index contributed by atoms with van der Waals surface area (Å²) in [6.07, 6.45) is 2.19. The minimum absolute atomic E-state index is 0.149. The Morgan fingerprint density at radius 1 is 1.24 bits per heavy atom. The van der Waals surface area contributed by atoms with Crippen LogP contribution in [0.2, 0.25) is 5.02 Å². The number of rotatable bonds is 3.